The number of benzene rings is 9. The highest BCUT2D eigenvalue weighted by atomic mass is 32.1. The van der Waals surface area contributed by atoms with Gasteiger partial charge in [0.1, 0.15) is 0 Å². The molecule has 0 fully saturated rings. The summed E-state index contributed by atoms with van der Waals surface area (Å²) in [4.78, 5) is 15.6. The van der Waals surface area contributed by atoms with E-state index in [1.165, 1.54) is 58.1 Å². The Morgan fingerprint density at radius 1 is 0.302 bits per heavy atom. The summed E-state index contributed by atoms with van der Waals surface area (Å²) in [7, 11) is 0. The molecule has 11 aromatic rings. The molecule has 246 valence electrons. The van der Waals surface area contributed by atoms with Gasteiger partial charge in [-0.1, -0.05) is 158 Å². The van der Waals surface area contributed by atoms with E-state index in [1.54, 1.807) is 11.3 Å². The molecule has 0 aliphatic rings. The minimum Gasteiger partial charge on any atom is -0.208 e. The Morgan fingerprint density at radius 3 is 1.74 bits per heavy atom. The van der Waals surface area contributed by atoms with Crippen molar-refractivity contribution in [2.75, 3.05) is 0 Å². The summed E-state index contributed by atoms with van der Waals surface area (Å²) in [5, 5.41) is 12.2. The van der Waals surface area contributed by atoms with Crippen molar-refractivity contribution in [1.82, 2.24) is 15.0 Å². The maximum Gasteiger partial charge on any atom is 0.164 e. The summed E-state index contributed by atoms with van der Waals surface area (Å²) >= 11 is 1.80. The lowest BCUT2D eigenvalue weighted by Crippen LogP contribution is -2.00. The van der Waals surface area contributed by atoms with Crippen LogP contribution < -0.4 is 0 Å². The van der Waals surface area contributed by atoms with Gasteiger partial charge in [-0.05, 0) is 67.0 Å². The van der Waals surface area contributed by atoms with Crippen LogP contribution in [-0.2, 0) is 0 Å². The van der Waals surface area contributed by atoms with E-state index in [0.717, 1.165) is 33.0 Å². The van der Waals surface area contributed by atoms with Crippen molar-refractivity contribution < 1.29 is 0 Å². The Labute approximate surface area is 309 Å². The van der Waals surface area contributed by atoms with E-state index in [1.807, 2.05) is 0 Å². The van der Waals surface area contributed by atoms with Crippen molar-refractivity contribution in [1.29, 1.82) is 0 Å². The minimum atomic E-state index is 0.647. The second-order valence-corrected chi connectivity index (χ2v) is 14.7. The zero-order valence-corrected chi connectivity index (χ0v) is 29.3. The number of aromatic nitrogens is 3. The molecule has 0 spiro atoms. The lowest BCUT2D eigenvalue weighted by molar-refractivity contribution is 1.08. The quantitative estimate of drug-likeness (QED) is 0.172. The average Bonchev–Trinajstić information content (AvgIpc) is 3.61. The number of rotatable bonds is 4. The molecule has 0 unspecified atom stereocenters. The van der Waals surface area contributed by atoms with E-state index in [4.69, 9.17) is 15.0 Å². The first-order chi connectivity index (χ1) is 26.2. The van der Waals surface area contributed by atoms with Gasteiger partial charge in [-0.25, -0.2) is 15.0 Å². The molecule has 0 saturated heterocycles. The predicted molar refractivity (Wildman–Crippen MR) is 224 cm³/mol. The van der Waals surface area contributed by atoms with Crippen LogP contribution in [0.2, 0.25) is 0 Å². The van der Waals surface area contributed by atoms with Crippen LogP contribution in [0, 0.1) is 0 Å². The van der Waals surface area contributed by atoms with Gasteiger partial charge in [-0.2, -0.15) is 0 Å². The molecular formula is C49H29N3S. The van der Waals surface area contributed by atoms with Crippen LogP contribution in [0.5, 0.6) is 0 Å². The number of thiophene rings is 1. The number of nitrogens with zero attached hydrogens (tertiary/aromatic N) is 3. The van der Waals surface area contributed by atoms with E-state index >= 15 is 0 Å². The summed E-state index contributed by atoms with van der Waals surface area (Å²) in [6, 6.07) is 62.8. The maximum absolute atomic E-state index is 5.23. The zero-order valence-electron chi connectivity index (χ0n) is 28.5. The van der Waals surface area contributed by atoms with Crippen molar-refractivity contribution in [2.24, 2.45) is 0 Å². The van der Waals surface area contributed by atoms with Crippen LogP contribution in [0.15, 0.2) is 176 Å². The topological polar surface area (TPSA) is 38.7 Å². The van der Waals surface area contributed by atoms with Crippen LogP contribution in [-0.4, -0.2) is 15.0 Å². The van der Waals surface area contributed by atoms with E-state index in [9.17, 15) is 0 Å². The van der Waals surface area contributed by atoms with Crippen molar-refractivity contribution >= 4 is 74.6 Å². The van der Waals surface area contributed by atoms with Crippen LogP contribution >= 0.6 is 11.3 Å². The normalized spacial score (nSPS) is 11.8. The fraction of sp³-hybridized carbons (Fsp3) is 0. The second-order valence-electron chi connectivity index (χ2n) is 13.6. The van der Waals surface area contributed by atoms with Crippen LogP contribution in [0.25, 0.3) is 109 Å². The van der Waals surface area contributed by atoms with Crippen molar-refractivity contribution in [3.05, 3.63) is 176 Å². The molecule has 53 heavy (non-hydrogen) atoms. The number of fused-ring (bicyclic) bond motifs is 9. The first kappa shape index (κ1) is 29.9. The standard InChI is InChI=1S/C49H29N3S/c1-4-14-37-30(10-1)20-23-32-12-9-18-42(46(32)37)49-51-47(50-48(52-49)35-26-27-41-40-17-7-8-19-44(40)53-45(41)29-35)33-24-21-31(22-25-33)43-28-34-11-2-3-13-36(34)38-15-5-6-16-39(38)43/h1-29H. The lowest BCUT2D eigenvalue weighted by Gasteiger charge is -2.13. The van der Waals surface area contributed by atoms with Gasteiger partial charge in [-0.3, -0.25) is 0 Å². The first-order valence-corrected chi connectivity index (χ1v) is 18.7. The van der Waals surface area contributed by atoms with Crippen LogP contribution in [0.4, 0.5) is 0 Å². The predicted octanol–water partition coefficient (Wildman–Crippen LogP) is 13.5. The molecule has 0 atom stereocenters. The molecule has 4 heteroatoms. The third-order valence-electron chi connectivity index (χ3n) is 10.5. The van der Waals surface area contributed by atoms with Crippen molar-refractivity contribution in [2.45, 2.75) is 0 Å². The highest BCUT2D eigenvalue weighted by molar-refractivity contribution is 7.25. The molecule has 9 aromatic carbocycles. The highest BCUT2D eigenvalue weighted by Crippen LogP contribution is 2.39. The monoisotopic (exact) mass is 691 g/mol. The first-order valence-electron chi connectivity index (χ1n) is 17.9. The number of hydrogen-bond donors (Lipinski definition) is 0. The van der Waals surface area contributed by atoms with E-state index < -0.39 is 0 Å². The summed E-state index contributed by atoms with van der Waals surface area (Å²) in [6.45, 7) is 0. The van der Waals surface area contributed by atoms with Crippen molar-refractivity contribution in [3.63, 3.8) is 0 Å². The fourth-order valence-electron chi connectivity index (χ4n) is 7.96. The molecule has 2 heterocycles. The number of hydrogen-bond acceptors (Lipinski definition) is 4. The Kier molecular flexibility index (Phi) is 6.73. The van der Waals surface area contributed by atoms with Gasteiger partial charge >= 0.3 is 0 Å². The molecule has 0 bridgehead atoms. The van der Waals surface area contributed by atoms with Crippen molar-refractivity contribution in [3.8, 4) is 45.3 Å². The third kappa shape index (κ3) is 4.91. The summed E-state index contributed by atoms with van der Waals surface area (Å²) in [5.41, 5.74) is 5.27. The molecule has 0 amide bonds. The molecule has 0 N–H and O–H groups in total. The van der Waals surface area contributed by atoms with E-state index in [0.29, 0.717) is 17.5 Å². The molecule has 0 aliphatic carbocycles. The minimum absolute atomic E-state index is 0.647. The Bertz CT molecular complexity index is 3230. The second kappa shape index (κ2) is 11.9. The highest BCUT2D eigenvalue weighted by Gasteiger charge is 2.17. The third-order valence-corrected chi connectivity index (χ3v) is 11.6. The van der Waals surface area contributed by atoms with Crippen LogP contribution in [0.3, 0.4) is 0 Å². The van der Waals surface area contributed by atoms with Gasteiger partial charge in [0.2, 0.25) is 0 Å². The molecule has 11 rings (SSSR count). The summed E-state index contributed by atoms with van der Waals surface area (Å²) in [5.74, 6) is 1.97. The lowest BCUT2D eigenvalue weighted by atomic mass is 9.93. The summed E-state index contributed by atoms with van der Waals surface area (Å²) in [6.07, 6.45) is 0. The van der Waals surface area contributed by atoms with Gasteiger partial charge in [0.05, 0.1) is 0 Å². The molecule has 0 radical (unpaired) electrons. The smallest absolute Gasteiger partial charge is 0.164 e. The van der Waals surface area contributed by atoms with E-state index in [-0.39, 0.29) is 0 Å². The van der Waals surface area contributed by atoms with E-state index in [2.05, 4.69) is 176 Å². The fourth-order valence-corrected chi connectivity index (χ4v) is 9.10. The molecular weight excluding hydrogens is 663 g/mol. The van der Waals surface area contributed by atoms with Gasteiger partial charge in [0.25, 0.3) is 0 Å². The molecule has 0 aliphatic heterocycles. The van der Waals surface area contributed by atoms with Crippen LogP contribution in [0.1, 0.15) is 0 Å². The van der Waals surface area contributed by atoms with Gasteiger partial charge < -0.3 is 0 Å². The Morgan fingerprint density at radius 2 is 0.887 bits per heavy atom. The van der Waals surface area contributed by atoms with Gasteiger partial charge in [0.15, 0.2) is 17.5 Å². The van der Waals surface area contributed by atoms with Gasteiger partial charge in [-0.15, -0.1) is 11.3 Å². The largest absolute Gasteiger partial charge is 0.208 e. The maximum atomic E-state index is 5.23. The molecule has 2 aromatic heterocycles. The molecule has 3 nitrogen and oxygen atoms in total. The summed E-state index contributed by atoms with van der Waals surface area (Å²) < 4.78 is 2.49. The molecule has 0 saturated carbocycles. The average molecular weight is 692 g/mol. The Balaban J connectivity index is 1.11. The Hall–Kier alpha value is -6.75. The van der Waals surface area contributed by atoms with Gasteiger partial charge in [0, 0.05) is 42.2 Å². The SMILES string of the molecule is c1ccc2c(c1)cc(-c1ccc(-c3nc(-c4ccc5c(c4)sc4ccccc45)nc(-c4cccc5ccc6ccccc6c45)n3)cc1)c1ccccc12. The zero-order chi connectivity index (χ0) is 34.9.